The van der Waals surface area contributed by atoms with E-state index < -0.39 is 56.4 Å². The number of nitrogens with two attached hydrogens (primary N) is 1. The highest BCUT2D eigenvalue weighted by Crippen LogP contribution is 2.47. The molecule has 6 atom stereocenters. The minimum atomic E-state index is -4.38. The predicted molar refractivity (Wildman–Crippen MR) is 169 cm³/mol. The van der Waals surface area contributed by atoms with Crippen molar-refractivity contribution in [3.63, 3.8) is 0 Å². The Hall–Kier alpha value is -4.14. The Balaban J connectivity index is 1.54. The van der Waals surface area contributed by atoms with Gasteiger partial charge in [-0.05, 0) is 37.1 Å². The number of carbonyl (C=O) groups excluding carboxylic acids is 2. The minimum Gasteiger partial charge on any atom is -0.464 e. The van der Waals surface area contributed by atoms with Crippen LogP contribution in [-0.2, 0) is 33.7 Å². The number of ether oxygens (including phenoxy) is 3. The van der Waals surface area contributed by atoms with Crippen molar-refractivity contribution in [2.45, 2.75) is 63.6 Å². The monoisotopic (exact) mass is 689 g/mol. The summed E-state index contributed by atoms with van der Waals surface area (Å²) in [7, 11) is -4.38. The number of fused-ring (bicyclic) bond motifs is 1. The predicted octanol–water partition coefficient (Wildman–Crippen LogP) is 2.24. The summed E-state index contributed by atoms with van der Waals surface area (Å²) in [6.45, 7) is 5.04. The van der Waals surface area contributed by atoms with E-state index in [1.165, 1.54) is 35.7 Å². The van der Waals surface area contributed by atoms with E-state index in [-0.39, 0.29) is 48.5 Å². The number of nitrogens with zero attached hydrogens (tertiary/aromatic N) is 4. The summed E-state index contributed by atoms with van der Waals surface area (Å²) in [5.41, 5.74) is 3.37. The Morgan fingerprint density at radius 2 is 1.92 bits per heavy atom. The zero-order chi connectivity index (χ0) is 34.9. The molecule has 1 saturated heterocycles. The first-order valence-corrected chi connectivity index (χ1v) is 16.9. The van der Waals surface area contributed by atoms with Crippen molar-refractivity contribution in [2.75, 3.05) is 31.7 Å². The van der Waals surface area contributed by atoms with Crippen molar-refractivity contribution in [3.8, 4) is 11.8 Å². The lowest BCUT2D eigenvalue weighted by Gasteiger charge is -2.25. The highest BCUT2D eigenvalue weighted by Gasteiger charge is 2.58. The van der Waals surface area contributed by atoms with Crippen LogP contribution in [0.15, 0.2) is 48.8 Å². The summed E-state index contributed by atoms with van der Waals surface area (Å²) in [5.74, 6) is -0.331. The molecule has 2 aromatic heterocycles. The lowest BCUT2D eigenvalue weighted by molar-refractivity contribution is -0.146. The molecule has 1 aliphatic rings. The fourth-order valence-corrected chi connectivity index (χ4v) is 6.43. The van der Waals surface area contributed by atoms with Crippen molar-refractivity contribution in [3.05, 3.63) is 54.5 Å². The van der Waals surface area contributed by atoms with E-state index in [1.807, 2.05) is 19.9 Å². The van der Waals surface area contributed by atoms with Gasteiger partial charge >= 0.3 is 19.8 Å². The van der Waals surface area contributed by atoms with E-state index in [2.05, 4.69) is 20.5 Å². The largest absolute Gasteiger partial charge is 0.464 e. The van der Waals surface area contributed by atoms with Crippen molar-refractivity contribution in [1.82, 2.24) is 19.7 Å². The number of para-hydroxylation sites is 1. The highest BCUT2D eigenvalue weighted by atomic mass is 31.2. The highest BCUT2D eigenvalue weighted by molar-refractivity contribution is 7.52. The number of benzene rings is 1. The van der Waals surface area contributed by atoms with Crippen molar-refractivity contribution in [1.29, 1.82) is 5.26 Å². The normalized spacial score (nSPS) is 22.5. The number of aliphatic hydroxyl groups is 2. The Kier molecular flexibility index (Phi) is 12.5. The van der Waals surface area contributed by atoms with E-state index in [9.17, 15) is 29.6 Å². The van der Waals surface area contributed by atoms with Gasteiger partial charge in [0.2, 0.25) is 5.60 Å². The quantitative estimate of drug-likeness (QED) is 0.107. The summed E-state index contributed by atoms with van der Waals surface area (Å²) in [6, 6.07) is 11.7. The summed E-state index contributed by atoms with van der Waals surface area (Å²) < 4.78 is 42.8. The maximum absolute atomic E-state index is 14.0. The van der Waals surface area contributed by atoms with Gasteiger partial charge < -0.3 is 34.7 Å². The Morgan fingerprint density at radius 1 is 1.19 bits per heavy atom. The van der Waals surface area contributed by atoms with Gasteiger partial charge in [-0.15, -0.1) is 0 Å². The van der Waals surface area contributed by atoms with Crippen molar-refractivity contribution < 1.29 is 47.6 Å². The standard InChI is InChI=1S/C30H40N7O10P/c1-4-20(5-2)15-44-28(40)19(3)36-48(42,47-21-9-7-6-8-10-21)45-16-23-25(38)26(39)30(17-32,46-23)24-12-11-22-27(33-18-34-37(22)24)35-29(41)43-14-13-31/h6-12,18-20,23,25-26,38-39H,4-5,13-16,31H2,1-3H3,(H,36,42)(H,33,34,35,41)/t19-,23+,25+,26+,30-,48?/m0/s1. The van der Waals surface area contributed by atoms with Crippen LogP contribution in [0.3, 0.4) is 0 Å². The molecule has 1 aliphatic heterocycles. The summed E-state index contributed by atoms with van der Waals surface area (Å²) in [4.78, 5) is 28.9. The fraction of sp³-hybridized carbons (Fsp3) is 0.500. The number of esters is 1. The molecule has 6 N–H and O–H groups in total. The molecule has 3 aromatic rings. The van der Waals surface area contributed by atoms with E-state index in [0.29, 0.717) is 0 Å². The van der Waals surface area contributed by atoms with Gasteiger partial charge in [-0.25, -0.2) is 18.9 Å². The van der Waals surface area contributed by atoms with Gasteiger partial charge in [-0.2, -0.15) is 15.4 Å². The first-order chi connectivity index (χ1) is 23.0. The van der Waals surface area contributed by atoms with E-state index in [4.69, 9.17) is 29.0 Å². The van der Waals surface area contributed by atoms with Gasteiger partial charge in [0.05, 0.1) is 18.9 Å². The molecule has 48 heavy (non-hydrogen) atoms. The summed E-state index contributed by atoms with van der Waals surface area (Å²) in [6.07, 6.45) is -3.06. The maximum atomic E-state index is 14.0. The molecule has 3 heterocycles. The molecule has 1 amide bonds. The number of hydrogen-bond acceptors (Lipinski definition) is 14. The van der Waals surface area contributed by atoms with Gasteiger partial charge in [0.25, 0.3) is 0 Å². The van der Waals surface area contributed by atoms with Crippen LogP contribution >= 0.6 is 7.75 Å². The Labute approximate surface area is 276 Å². The van der Waals surface area contributed by atoms with Crippen LogP contribution in [0.2, 0.25) is 0 Å². The lowest BCUT2D eigenvalue weighted by atomic mass is 9.92. The molecule has 260 valence electrons. The third-order valence-electron chi connectivity index (χ3n) is 7.73. The minimum absolute atomic E-state index is 0.00880. The molecule has 0 spiro atoms. The zero-order valence-corrected chi connectivity index (χ0v) is 27.6. The molecule has 18 heteroatoms. The first kappa shape index (κ1) is 36.7. The smallest absolute Gasteiger partial charge is 0.459 e. The molecule has 1 fully saturated rings. The third kappa shape index (κ3) is 8.28. The Bertz CT molecular complexity index is 1630. The topological polar surface area (TPSA) is 242 Å². The van der Waals surface area contributed by atoms with Crippen LogP contribution in [0.25, 0.3) is 5.52 Å². The van der Waals surface area contributed by atoms with Gasteiger partial charge in [-0.1, -0.05) is 44.9 Å². The number of anilines is 1. The van der Waals surface area contributed by atoms with Gasteiger partial charge in [0.1, 0.15) is 54.6 Å². The van der Waals surface area contributed by atoms with E-state index >= 15 is 0 Å². The number of amides is 1. The molecule has 1 aromatic carbocycles. The third-order valence-corrected chi connectivity index (χ3v) is 9.37. The van der Waals surface area contributed by atoms with Crippen molar-refractivity contribution in [2.24, 2.45) is 11.7 Å². The second-order valence-corrected chi connectivity index (χ2v) is 12.7. The van der Waals surface area contributed by atoms with E-state index in [1.54, 1.807) is 18.2 Å². The number of rotatable bonds is 16. The molecule has 0 bridgehead atoms. The second kappa shape index (κ2) is 16.3. The van der Waals surface area contributed by atoms with Gasteiger partial charge in [0, 0.05) is 6.54 Å². The van der Waals surface area contributed by atoms with Crippen LogP contribution in [-0.4, -0.2) is 87.6 Å². The number of carbonyl (C=O) groups is 2. The molecular formula is C30H40N7O10P. The first-order valence-electron chi connectivity index (χ1n) is 15.4. The molecule has 4 rings (SSSR count). The van der Waals surface area contributed by atoms with Crippen molar-refractivity contribution >= 4 is 31.1 Å². The summed E-state index contributed by atoms with van der Waals surface area (Å²) >= 11 is 0. The lowest BCUT2D eigenvalue weighted by Crippen LogP contribution is -2.41. The molecule has 0 radical (unpaired) electrons. The SMILES string of the molecule is CCC(CC)COC(=O)[C@H](C)NP(=O)(OC[C@H]1O[C@@](C#N)(c2ccc3c(NC(=O)OCCN)ncnn23)[C@H](O)[C@@H]1O)Oc1ccccc1. The van der Waals surface area contributed by atoms with Crippen LogP contribution in [0, 0.1) is 17.2 Å². The zero-order valence-electron chi connectivity index (χ0n) is 26.7. The fourth-order valence-electron chi connectivity index (χ4n) is 4.93. The number of nitrogens with one attached hydrogen (secondary N) is 2. The van der Waals surface area contributed by atoms with Crippen LogP contribution < -0.4 is 20.7 Å². The number of hydrogen-bond donors (Lipinski definition) is 5. The van der Waals surface area contributed by atoms with Gasteiger partial charge in [-0.3, -0.25) is 14.6 Å². The summed E-state index contributed by atoms with van der Waals surface area (Å²) in [5, 5.41) is 41.6. The molecule has 0 aliphatic carbocycles. The van der Waals surface area contributed by atoms with E-state index in [0.717, 1.165) is 19.2 Å². The second-order valence-electron chi connectivity index (χ2n) is 11.0. The number of aliphatic hydroxyl groups excluding tert-OH is 2. The molecular weight excluding hydrogens is 649 g/mol. The van der Waals surface area contributed by atoms with Crippen LogP contribution in [0.1, 0.15) is 39.3 Å². The average Bonchev–Trinajstić information content (AvgIpc) is 3.63. The molecule has 1 unspecified atom stereocenters. The van der Waals surface area contributed by atoms with Crippen LogP contribution in [0.5, 0.6) is 5.75 Å². The molecule has 17 nitrogen and oxygen atoms in total. The number of aromatic nitrogens is 3. The molecule has 0 saturated carbocycles. The Morgan fingerprint density at radius 3 is 2.58 bits per heavy atom. The van der Waals surface area contributed by atoms with Crippen LogP contribution in [0.4, 0.5) is 10.6 Å². The van der Waals surface area contributed by atoms with Gasteiger partial charge in [0.15, 0.2) is 5.82 Å². The maximum Gasteiger partial charge on any atom is 0.459 e. The number of nitriles is 1. The average molecular weight is 690 g/mol.